The summed E-state index contributed by atoms with van der Waals surface area (Å²) >= 11 is 0. The number of rotatable bonds is 8. The molecule has 1 N–H and O–H groups in total. The Kier molecular flexibility index (Phi) is 6.31. The maximum atomic E-state index is 13.7. The van der Waals surface area contributed by atoms with E-state index in [1.165, 1.54) is 0 Å². The minimum absolute atomic E-state index is 0.000647. The van der Waals surface area contributed by atoms with Crippen LogP contribution in [0.5, 0.6) is 5.75 Å². The summed E-state index contributed by atoms with van der Waals surface area (Å²) in [6.45, 7) is 5.46. The lowest BCUT2D eigenvalue weighted by Gasteiger charge is -2.47. The molecule has 2 atom stereocenters. The molecule has 2 aliphatic heterocycles. The summed E-state index contributed by atoms with van der Waals surface area (Å²) < 4.78 is 5.97. The highest BCUT2D eigenvalue weighted by Crippen LogP contribution is 2.44. The summed E-state index contributed by atoms with van der Waals surface area (Å²) in [6.07, 6.45) is 4.85. The van der Waals surface area contributed by atoms with Crippen molar-refractivity contribution >= 4 is 22.7 Å². The number of amides is 2. The number of benzene rings is 2. The van der Waals surface area contributed by atoms with E-state index in [1.807, 2.05) is 48.2 Å². The van der Waals surface area contributed by atoms with Crippen molar-refractivity contribution in [1.82, 2.24) is 14.8 Å². The van der Waals surface area contributed by atoms with E-state index in [0.29, 0.717) is 19.6 Å². The zero-order valence-electron chi connectivity index (χ0n) is 20.0. The number of hydrogen-bond acceptors (Lipinski definition) is 3. The molecule has 3 aromatic rings. The Labute approximate surface area is 200 Å². The molecule has 1 saturated heterocycles. The van der Waals surface area contributed by atoms with E-state index in [0.717, 1.165) is 59.2 Å². The first-order valence-electron chi connectivity index (χ1n) is 12.5. The smallest absolute Gasteiger partial charge is 0.246 e. The van der Waals surface area contributed by atoms with Crippen LogP contribution < -0.4 is 4.74 Å². The van der Waals surface area contributed by atoms with Gasteiger partial charge in [-0.15, -0.1) is 0 Å². The fourth-order valence-corrected chi connectivity index (χ4v) is 5.56. The molecule has 6 heteroatoms. The number of hydrogen-bond donors (Lipinski definition) is 1. The number of unbranched alkanes of at least 4 members (excludes halogenated alkanes) is 3. The standard InChI is InChI=1S/C28H33N3O3/c1-3-5-6-11-16-30-18-25(32)31-23(28(30)33)17-21-19-12-7-9-14-22(19)29-26(21)27(31)20-13-8-10-15-24(20)34-4-2/h7-10,12-15,23,27,29H,3-6,11,16-18H2,1-2H3/t23-,27+/m0/s1. The average Bonchev–Trinajstić information content (AvgIpc) is 3.22. The van der Waals surface area contributed by atoms with Crippen LogP contribution in [-0.2, 0) is 16.0 Å². The maximum Gasteiger partial charge on any atom is 0.246 e. The van der Waals surface area contributed by atoms with Gasteiger partial charge in [-0.2, -0.15) is 0 Å². The number of aromatic amines is 1. The SMILES string of the molecule is CCCCCCN1CC(=O)N2[C@H](c3ccccc3OCC)c3[nH]c4ccccc4c3C[C@H]2C1=O. The minimum Gasteiger partial charge on any atom is -0.494 e. The first-order valence-corrected chi connectivity index (χ1v) is 12.5. The van der Waals surface area contributed by atoms with E-state index in [1.54, 1.807) is 4.90 Å². The van der Waals surface area contributed by atoms with Crippen LogP contribution in [0.15, 0.2) is 48.5 Å². The van der Waals surface area contributed by atoms with Crippen LogP contribution in [0.25, 0.3) is 10.9 Å². The fraction of sp³-hybridized carbons (Fsp3) is 0.429. The van der Waals surface area contributed by atoms with Crippen LogP contribution in [0.4, 0.5) is 0 Å². The second-order valence-electron chi connectivity index (χ2n) is 9.28. The van der Waals surface area contributed by atoms with Gasteiger partial charge >= 0.3 is 0 Å². The predicted molar refractivity (Wildman–Crippen MR) is 133 cm³/mol. The second kappa shape index (κ2) is 9.53. The minimum atomic E-state index is -0.501. The van der Waals surface area contributed by atoms with Gasteiger partial charge in [0.1, 0.15) is 17.8 Å². The summed E-state index contributed by atoms with van der Waals surface area (Å²) in [7, 11) is 0. The molecule has 178 valence electrons. The zero-order chi connectivity index (χ0) is 23.7. The van der Waals surface area contributed by atoms with E-state index in [9.17, 15) is 9.59 Å². The van der Waals surface area contributed by atoms with Gasteiger partial charge in [-0.1, -0.05) is 62.6 Å². The monoisotopic (exact) mass is 459 g/mol. The van der Waals surface area contributed by atoms with Gasteiger partial charge in [0.25, 0.3) is 0 Å². The highest BCUT2D eigenvalue weighted by molar-refractivity contribution is 5.97. The molecule has 34 heavy (non-hydrogen) atoms. The molecule has 6 nitrogen and oxygen atoms in total. The van der Waals surface area contributed by atoms with Gasteiger partial charge in [-0.3, -0.25) is 9.59 Å². The summed E-state index contributed by atoms with van der Waals surface area (Å²) in [6, 6.07) is 15.2. The molecule has 0 unspecified atom stereocenters. The van der Waals surface area contributed by atoms with Crippen molar-refractivity contribution in [1.29, 1.82) is 0 Å². The Hall–Kier alpha value is -3.28. The number of fused-ring (bicyclic) bond motifs is 4. The number of carbonyl (C=O) groups excluding carboxylic acids is 2. The molecule has 0 aliphatic carbocycles. The molecule has 5 rings (SSSR count). The van der Waals surface area contributed by atoms with Crippen LogP contribution in [0, 0.1) is 0 Å². The Balaban J connectivity index is 1.59. The molecule has 1 fully saturated rings. The van der Waals surface area contributed by atoms with Crippen molar-refractivity contribution in [2.75, 3.05) is 19.7 Å². The van der Waals surface area contributed by atoms with E-state index in [2.05, 4.69) is 24.0 Å². The van der Waals surface area contributed by atoms with Crippen molar-refractivity contribution in [2.24, 2.45) is 0 Å². The van der Waals surface area contributed by atoms with Gasteiger partial charge in [0, 0.05) is 35.1 Å². The van der Waals surface area contributed by atoms with Crippen molar-refractivity contribution < 1.29 is 14.3 Å². The summed E-state index contributed by atoms with van der Waals surface area (Å²) in [5.74, 6) is 0.814. The lowest BCUT2D eigenvalue weighted by atomic mass is 9.86. The van der Waals surface area contributed by atoms with Gasteiger partial charge in [0.15, 0.2) is 0 Å². The number of ether oxygens (including phenoxy) is 1. The molecule has 2 aliphatic rings. The number of para-hydroxylation sites is 2. The first-order chi connectivity index (χ1) is 16.6. The van der Waals surface area contributed by atoms with Gasteiger partial charge in [-0.05, 0) is 31.0 Å². The molecule has 1 aromatic heterocycles. The van der Waals surface area contributed by atoms with Crippen LogP contribution in [0.3, 0.4) is 0 Å². The second-order valence-corrected chi connectivity index (χ2v) is 9.28. The number of aromatic nitrogens is 1. The predicted octanol–water partition coefficient (Wildman–Crippen LogP) is 4.83. The van der Waals surface area contributed by atoms with Crippen LogP contribution in [0.2, 0.25) is 0 Å². The maximum absolute atomic E-state index is 13.7. The van der Waals surface area contributed by atoms with Crippen molar-refractivity contribution in [3.8, 4) is 5.75 Å². The van der Waals surface area contributed by atoms with Crippen LogP contribution in [0.1, 0.15) is 62.4 Å². The third-order valence-corrected chi connectivity index (χ3v) is 7.14. The van der Waals surface area contributed by atoms with Crippen molar-refractivity contribution in [3.05, 3.63) is 65.4 Å². The van der Waals surface area contributed by atoms with Crippen LogP contribution >= 0.6 is 0 Å². The number of H-pyrrole nitrogens is 1. The van der Waals surface area contributed by atoms with Crippen molar-refractivity contribution in [2.45, 2.75) is 58.0 Å². The van der Waals surface area contributed by atoms with Crippen molar-refractivity contribution in [3.63, 3.8) is 0 Å². The highest BCUT2D eigenvalue weighted by Gasteiger charge is 2.48. The van der Waals surface area contributed by atoms with E-state index in [4.69, 9.17) is 4.74 Å². The molecule has 0 saturated carbocycles. The topological polar surface area (TPSA) is 65.6 Å². The third-order valence-electron chi connectivity index (χ3n) is 7.14. The van der Waals surface area contributed by atoms with E-state index in [-0.39, 0.29) is 24.4 Å². The largest absolute Gasteiger partial charge is 0.494 e. The molecule has 3 heterocycles. The van der Waals surface area contributed by atoms with E-state index < -0.39 is 6.04 Å². The zero-order valence-corrected chi connectivity index (χ0v) is 20.0. The van der Waals surface area contributed by atoms with Gasteiger partial charge in [0.05, 0.1) is 13.2 Å². The number of carbonyl (C=O) groups is 2. The summed E-state index contributed by atoms with van der Waals surface area (Å²) in [5, 5.41) is 1.12. The number of nitrogens with zero attached hydrogens (tertiary/aromatic N) is 2. The van der Waals surface area contributed by atoms with Gasteiger partial charge < -0.3 is 19.5 Å². The molecule has 0 bridgehead atoms. The molecule has 0 spiro atoms. The normalized spacial score (nSPS) is 19.9. The Morgan fingerprint density at radius 2 is 1.79 bits per heavy atom. The summed E-state index contributed by atoms with van der Waals surface area (Å²) in [5.41, 5.74) is 4.06. The van der Waals surface area contributed by atoms with E-state index >= 15 is 0 Å². The third kappa shape index (κ3) is 3.85. The summed E-state index contributed by atoms with van der Waals surface area (Å²) in [4.78, 5) is 34.5. The molecule has 0 radical (unpaired) electrons. The highest BCUT2D eigenvalue weighted by atomic mass is 16.5. The quantitative estimate of drug-likeness (QED) is 0.491. The Morgan fingerprint density at radius 1 is 1.00 bits per heavy atom. The molecule has 2 amide bonds. The lowest BCUT2D eigenvalue weighted by Crippen LogP contribution is -2.63. The van der Waals surface area contributed by atoms with Gasteiger partial charge in [-0.25, -0.2) is 0 Å². The average molecular weight is 460 g/mol. The molecular weight excluding hydrogens is 426 g/mol. The first kappa shape index (κ1) is 22.5. The van der Waals surface area contributed by atoms with Gasteiger partial charge in [0.2, 0.25) is 11.8 Å². The Bertz CT molecular complexity index is 1200. The fourth-order valence-electron chi connectivity index (χ4n) is 5.56. The lowest BCUT2D eigenvalue weighted by molar-refractivity contribution is -0.158. The Morgan fingerprint density at radius 3 is 2.62 bits per heavy atom. The van der Waals surface area contributed by atoms with Crippen LogP contribution in [-0.4, -0.2) is 52.3 Å². The molecule has 2 aromatic carbocycles. The molecular formula is C28H33N3O3. The number of piperazine rings is 1. The number of nitrogens with one attached hydrogen (secondary N) is 1.